The highest BCUT2D eigenvalue weighted by Gasteiger charge is 2.24. The van der Waals surface area contributed by atoms with Crippen LogP contribution in [0.4, 0.5) is 17.6 Å². The minimum Gasteiger partial charge on any atom is -0.478 e. The molecule has 30 heavy (non-hydrogen) atoms. The molecule has 1 unspecified atom stereocenters. The molecule has 2 aliphatic rings. The monoisotopic (exact) mass is 412 g/mol. The maximum absolute atomic E-state index is 9.55. The highest BCUT2D eigenvalue weighted by Crippen LogP contribution is 2.29. The fraction of sp³-hybridized carbons (Fsp3) is 0.300. The lowest BCUT2D eigenvalue weighted by Crippen LogP contribution is -2.27. The second kappa shape index (κ2) is 9.23. The maximum atomic E-state index is 9.55. The third-order valence-electron chi connectivity index (χ3n) is 4.80. The number of fused-ring (bicyclic) bond motifs is 1. The second-order valence-corrected chi connectivity index (χ2v) is 7.07. The van der Waals surface area contributed by atoms with Crippen molar-refractivity contribution in [1.82, 2.24) is 9.97 Å². The number of hydrogen-bond acceptors (Lipinski definition) is 8. The molecule has 3 heterocycles. The van der Waals surface area contributed by atoms with Crippen LogP contribution in [0.2, 0.25) is 0 Å². The Bertz CT molecular complexity index is 923. The van der Waals surface area contributed by atoms with Crippen molar-refractivity contribution in [3.05, 3.63) is 53.6 Å². The summed E-state index contributed by atoms with van der Waals surface area (Å²) < 4.78 is 0. The largest absolute Gasteiger partial charge is 0.478 e. The molecule has 1 saturated heterocycles. The summed E-state index contributed by atoms with van der Waals surface area (Å²) in [6, 6.07) is 10.7. The van der Waals surface area contributed by atoms with Gasteiger partial charge in [0, 0.05) is 50.4 Å². The van der Waals surface area contributed by atoms with Crippen molar-refractivity contribution in [2.45, 2.75) is 25.6 Å². The van der Waals surface area contributed by atoms with Gasteiger partial charge in [-0.05, 0) is 17.5 Å². The number of hydrogen-bond donors (Lipinski definition) is 4. The lowest BCUT2D eigenvalue weighted by atomic mass is 10.1. The zero-order valence-corrected chi connectivity index (χ0v) is 16.3. The number of carbonyl (C=O) groups is 2. The van der Waals surface area contributed by atoms with Crippen LogP contribution in [0.15, 0.2) is 42.5 Å². The molecule has 6 N–H and O–H groups in total. The summed E-state index contributed by atoms with van der Waals surface area (Å²) in [6.07, 6.45) is 2.11. The van der Waals surface area contributed by atoms with Crippen LogP contribution in [0.1, 0.15) is 17.5 Å². The van der Waals surface area contributed by atoms with Gasteiger partial charge in [-0.15, -0.1) is 0 Å². The molecule has 4 rings (SSSR count). The van der Waals surface area contributed by atoms with E-state index in [9.17, 15) is 9.59 Å². The Morgan fingerprint density at radius 3 is 2.00 bits per heavy atom. The third-order valence-corrected chi connectivity index (χ3v) is 4.80. The van der Waals surface area contributed by atoms with Crippen molar-refractivity contribution in [3.8, 4) is 0 Å². The van der Waals surface area contributed by atoms with Crippen LogP contribution in [0.5, 0.6) is 0 Å². The first kappa shape index (κ1) is 21.1. The number of aliphatic carboxylic acids is 2. The van der Waals surface area contributed by atoms with Gasteiger partial charge in [-0.2, -0.15) is 9.97 Å². The third kappa shape index (κ3) is 5.45. The number of anilines is 3. The Morgan fingerprint density at radius 1 is 1.00 bits per heavy atom. The van der Waals surface area contributed by atoms with Crippen molar-refractivity contribution in [2.24, 2.45) is 5.73 Å². The summed E-state index contributed by atoms with van der Waals surface area (Å²) in [5, 5.41) is 15.6. The summed E-state index contributed by atoms with van der Waals surface area (Å²) in [5.74, 6) is -0.422. The van der Waals surface area contributed by atoms with Crippen LogP contribution in [0, 0.1) is 0 Å². The molecule has 1 fully saturated rings. The standard InChI is InChI=1S/C16H20N6.C4H4O4/c17-13-5-6-21(10-13)14-7-15(20-16(18)19-14)22-8-11-3-1-2-4-12(11)9-22;5-3(6)1-2-4(7)8/h1-4,7,13H,5-6,8-10,17H2,(H2,18,19,20);1-2H,(H,5,6)(H,7,8)/b;2-1-. The minimum absolute atomic E-state index is 0.218. The molecule has 2 aliphatic heterocycles. The van der Waals surface area contributed by atoms with E-state index < -0.39 is 11.9 Å². The Hall–Kier alpha value is -3.66. The molecule has 1 aromatic carbocycles. The molecular formula is C20H24N6O4. The highest BCUT2D eigenvalue weighted by atomic mass is 16.4. The van der Waals surface area contributed by atoms with Crippen molar-refractivity contribution in [1.29, 1.82) is 0 Å². The van der Waals surface area contributed by atoms with E-state index in [4.69, 9.17) is 21.7 Å². The summed E-state index contributed by atoms with van der Waals surface area (Å²) in [5.41, 5.74) is 14.6. The molecule has 1 atom stereocenters. The van der Waals surface area contributed by atoms with Gasteiger partial charge in [-0.1, -0.05) is 24.3 Å². The summed E-state index contributed by atoms with van der Waals surface area (Å²) in [6.45, 7) is 3.49. The summed E-state index contributed by atoms with van der Waals surface area (Å²) >= 11 is 0. The van der Waals surface area contributed by atoms with Crippen LogP contribution in [-0.4, -0.2) is 51.3 Å². The van der Waals surface area contributed by atoms with Crippen LogP contribution in [0.25, 0.3) is 0 Å². The van der Waals surface area contributed by atoms with Gasteiger partial charge in [-0.3, -0.25) is 0 Å². The quantitative estimate of drug-likeness (QED) is 0.530. The predicted molar refractivity (Wildman–Crippen MR) is 112 cm³/mol. The number of nitrogen functional groups attached to an aromatic ring is 1. The van der Waals surface area contributed by atoms with E-state index in [1.165, 1.54) is 11.1 Å². The molecule has 0 spiro atoms. The lowest BCUT2D eigenvalue weighted by Gasteiger charge is -2.21. The van der Waals surface area contributed by atoms with Crippen molar-refractivity contribution < 1.29 is 19.8 Å². The molecular weight excluding hydrogens is 388 g/mol. The van der Waals surface area contributed by atoms with Crippen LogP contribution < -0.4 is 21.3 Å². The zero-order chi connectivity index (χ0) is 21.7. The Labute approximate surface area is 173 Å². The van der Waals surface area contributed by atoms with Gasteiger partial charge >= 0.3 is 11.9 Å². The fourth-order valence-electron chi connectivity index (χ4n) is 3.40. The molecule has 0 saturated carbocycles. The second-order valence-electron chi connectivity index (χ2n) is 7.07. The average molecular weight is 412 g/mol. The van der Waals surface area contributed by atoms with Gasteiger partial charge in [0.25, 0.3) is 0 Å². The number of benzene rings is 1. The molecule has 158 valence electrons. The van der Waals surface area contributed by atoms with Gasteiger partial charge in [0.15, 0.2) is 0 Å². The van der Waals surface area contributed by atoms with Crippen molar-refractivity contribution in [2.75, 3.05) is 28.6 Å². The first-order valence-electron chi connectivity index (χ1n) is 9.42. The topological polar surface area (TPSA) is 159 Å². The Kier molecular flexibility index (Phi) is 6.48. The fourth-order valence-corrected chi connectivity index (χ4v) is 3.40. The number of carboxylic acid groups (broad SMARTS) is 2. The zero-order valence-electron chi connectivity index (χ0n) is 16.3. The first-order valence-corrected chi connectivity index (χ1v) is 9.42. The van der Waals surface area contributed by atoms with Gasteiger partial charge in [0.05, 0.1) is 0 Å². The minimum atomic E-state index is -1.26. The summed E-state index contributed by atoms with van der Waals surface area (Å²) in [7, 11) is 0. The first-order chi connectivity index (χ1) is 14.3. The van der Waals surface area contributed by atoms with E-state index in [1.807, 2.05) is 6.07 Å². The molecule has 10 nitrogen and oxygen atoms in total. The van der Waals surface area contributed by atoms with Crippen LogP contribution in [0.3, 0.4) is 0 Å². The van der Waals surface area contributed by atoms with E-state index in [-0.39, 0.29) is 6.04 Å². The lowest BCUT2D eigenvalue weighted by molar-refractivity contribution is -0.134. The van der Waals surface area contributed by atoms with E-state index >= 15 is 0 Å². The predicted octanol–water partition coefficient (Wildman–Crippen LogP) is 0.828. The molecule has 0 aliphatic carbocycles. The molecule has 0 amide bonds. The highest BCUT2D eigenvalue weighted by molar-refractivity contribution is 5.89. The van der Waals surface area contributed by atoms with E-state index in [0.29, 0.717) is 18.1 Å². The molecule has 0 bridgehead atoms. The maximum Gasteiger partial charge on any atom is 0.328 e. The smallest absolute Gasteiger partial charge is 0.328 e. The Balaban J connectivity index is 0.000000275. The van der Waals surface area contributed by atoms with E-state index in [1.54, 1.807) is 0 Å². The van der Waals surface area contributed by atoms with Gasteiger partial charge in [0.1, 0.15) is 11.6 Å². The molecule has 2 aromatic rings. The van der Waals surface area contributed by atoms with Crippen LogP contribution >= 0.6 is 0 Å². The van der Waals surface area contributed by atoms with Gasteiger partial charge in [0.2, 0.25) is 5.95 Å². The van der Waals surface area contributed by atoms with Gasteiger partial charge in [-0.25, -0.2) is 9.59 Å². The number of nitrogens with two attached hydrogens (primary N) is 2. The van der Waals surface area contributed by atoms with Crippen LogP contribution in [-0.2, 0) is 22.7 Å². The van der Waals surface area contributed by atoms with E-state index in [0.717, 1.165) is 44.2 Å². The summed E-state index contributed by atoms with van der Waals surface area (Å²) in [4.78, 5) is 32.3. The average Bonchev–Trinajstić information content (AvgIpc) is 3.32. The normalized spacial score (nSPS) is 17.6. The number of rotatable bonds is 4. The molecule has 1 aromatic heterocycles. The number of nitrogens with zero attached hydrogens (tertiary/aromatic N) is 4. The van der Waals surface area contributed by atoms with Crippen molar-refractivity contribution >= 4 is 29.5 Å². The SMILES string of the molecule is Nc1nc(N2Cc3ccccc3C2)cc(N2CCC(N)C2)n1.O=C(O)/C=C\C(=O)O. The number of carboxylic acids is 2. The number of aromatic nitrogens is 2. The van der Waals surface area contributed by atoms with Crippen molar-refractivity contribution in [3.63, 3.8) is 0 Å². The van der Waals surface area contributed by atoms with E-state index in [2.05, 4.69) is 44.0 Å². The molecule has 10 heteroatoms. The Morgan fingerprint density at radius 2 is 1.53 bits per heavy atom. The van der Waals surface area contributed by atoms with Gasteiger partial charge < -0.3 is 31.5 Å². The molecule has 0 radical (unpaired) electrons.